The highest BCUT2D eigenvalue weighted by molar-refractivity contribution is 5.90. The van der Waals surface area contributed by atoms with E-state index in [1.807, 2.05) is 6.33 Å². The lowest BCUT2D eigenvalue weighted by atomic mass is 9.94. The minimum Gasteiger partial charge on any atom is -0.368 e. The maximum Gasteiger partial charge on any atom is 0.240 e. The summed E-state index contributed by atoms with van der Waals surface area (Å²) in [5, 5.41) is 0. The van der Waals surface area contributed by atoms with E-state index in [0.29, 0.717) is 17.9 Å². The van der Waals surface area contributed by atoms with E-state index < -0.39 is 0 Å². The van der Waals surface area contributed by atoms with E-state index in [9.17, 15) is 4.79 Å². The lowest BCUT2D eigenvalue weighted by Crippen LogP contribution is -2.44. The van der Waals surface area contributed by atoms with Gasteiger partial charge in [-0.25, -0.2) is 15.0 Å². The molecule has 1 amide bonds. The lowest BCUT2D eigenvalue weighted by molar-refractivity contribution is -0.120. The SMILES string of the molecule is NC(=O)[C@@H]1[C@@H]2CCC[C@@H]2CN1c1ncnc2c1ncn2C1CC1. The van der Waals surface area contributed by atoms with Gasteiger partial charge in [0.05, 0.1) is 6.33 Å². The number of carbonyl (C=O) groups excluding carboxylic acids is 1. The summed E-state index contributed by atoms with van der Waals surface area (Å²) in [4.78, 5) is 27.6. The number of carbonyl (C=O) groups is 1. The second-order valence-electron chi connectivity index (χ2n) is 7.11. The lowest BCUT2D eigenvalue weighted by Gasteiger charge is -2.26. The Hall–Kier alpha value is -2.18. The van der Waals surface area contributed by atoms with E-state index in [2.05, 4.69) is 24.4 Å². The number of hydrogen-bond acceptors (Lipinski definition) is 5. The van der Waals surface area contributed by atoms with Crippen molar-refractivity contribution in [1.29, 1.82) is 0 Å². The Morgan fingerprint density at radius 3 is 2.83 bits per heavy atom. The van der Waals surface area contributed by atoms with Gasteiger partial charge in [0.2, 0.25) is 5.91 Å². The molecule has 7 heteroatoms. The Bertz CT molecular complexity index is 782. The van der Waals surface area contributed by atoms with E-state index in [1.165, 1.54) is 25.7 Å². The fourth-order valence-electron chi connectivity index (χ4n) is 4.56. The highest BCUT2D eigenvalue weighted by Crippen LogP contribution is 2.45. The van der Waals surface area contributed by atoms with Crippen LogP contribution in [0.15, 0.2) is 12.7 Å². The van der Waals surface area contributed by atoms with Crippen LogP contribution >= 0.6 is 0 Å². The first-order valence-electron chi connectivity index (χ1n) is 8.47. The molecule has 2 N–H and O–H groups in total. The van der Waals surface area contributed by atoms with E-state index in [4.69, 9.17) is 5.73 Å². The number of anilines is 1. The number of primary amides is 1. The van der Waals surface area contributed by atoms with Gasteiger partial charge in [-0.15, -0.1) is 0 Å². The van der Waals surface area contributed by atoms with Gasteiger partial charge >= 0.3 is 0 Å². The molecule has 5 rings (SSSR count). The number of fused-ring (bicyclic) bond motifs is 2. The van der Waals surface area contributed by atoms with Gasteiger partial charge in [0, 0.05) is 12.6 Å². The molecule has 120 valence electrons. The molecule has 2 aliphatic carbocycles. The molecule has 3 atom stereocenters. The molecule has 1 aliphatic heterocycles. The predicted octanol–water partition coefficient (Wildman–Crippen LogP) is 1.25. The summed E-state index contributed by atoms with van der Waals surface area (Å²) in [7, 11) is 0. The van der Waals surface area contributed by atoms with Gasteiger partial charge in [-0.1, -0.05) is 6.42 Å². The molecule has 7 nitrogen and oxygen atoms in total. The molecule has 2 aromatic heterocycles. The molecular weight excluding hydrogens is 292 g/mol. The number of aromatic nitrogens is 4. The minimum absolute atomic E-state index is 0.243. The van der Waals surface area contributed by atoms with Crippen LogP contribution in [0.2, 0.25) is 0 Å². The number of amides is 1. The zero-order valence-electron chi connectivity index (χ0n) is 12.9. The van der Waals surface area contributed by atoms with Crippen LogP contribution in [0.4, 0.5) is 5.82 Å². The standard InChI is InChI=1S/C16H20N6O/c17-14(23)13-11-3-1-2-9(11)6-21(13)15-12-16(19-7-18-15)22(8-20-12)10-4-5-10/h7-11,13H,1-6H2,(H2,17,23)/t9-,11-,13+/m1/s1. The summed E-state index contributed by atoms with van der Waals surface area (Å²) in [6, 6.07) is 0.263. The fraction of sp³-hybridized carbons (Fsp3) is 0.625. The topological polar surface area (TPSA) is 89.9 Å². The van der Waals surface area contributed by atoms with Crippen molar-refractivity contribution in [3.8, 4) is 0 Å². The molecule has 0 aromatic carbocycles. The van der Waals surface area contributed by atoms with Gasteiger partial charge in [-0.05, 0) is 37.5 Å². The van der Waals surface area contributed by atoms with Crippen LogP contribution in [-0.4, -0.2) is 38.0 Å². The molecule has 2 aromatic rings. The highest BCUT2D eigenvalue weighted by atomic mass is 16.1. The average Bonchev–Trinajstić information content (AvgIpc) is 2.97. The van der Waals surface area contributed by atoms with Crippen LogP contribution in [0.3, 0.4) is 0 Å². The van der Waals surface area contributed by atoms with Crippen molar-refractivity contribution in [2.45, 2.75) is 44.2 Å². The Morgan fingerprint density at radius 1 is 1.17 bits per heavy atom. The Balaban J connectivity index is 1.61. The Labute approximate surface area is 133 Å². The van der Waals surface area contributed by atoms with Crippen molar-refractivity contribution in [3.63, 3.8) is 0 Å². The molecule has 0 unspecified atom stereocenters. The zero-order chi connectivity index (χ0) is 15.6. The van der Waals surface area contributed by atoms with Crippen LogP contribution in [0.25, 0.3) is 11.2 Å². The van der Waals surface area contributed by atoms with E-state index in [-0.39, 0.29) is 11.9 Å². The van der Waals surface area contributed by atoms with E-state index in [1.54, 1.807) is 6.33 Å². The summed E-state index contributed by atoms with van der Waals surface area (Å²) in [5.74, 6) is 1.44. The van der Waals surface area contributed by atoms with Crippen LogP contribution in [0.1, 0.15) is 38.1 Å². The van der Waals surface area contributed by atoms with Gasteiger partial charge in [-0.2, -0.15) is 0 Å². The molecule has 0 radical (unpaired) electrons. The number of nitrogens with zero attached hydrogens (tertiary/aromatic N) is 5. The summed E-state index contributed by atoms with van der Waals surface area (Å²) < 4.78 is 2.14. The van der Waals surface area contributed by atoms with E-state index in [0.717, 1.165) is 29.9 Å². The molecule has 0 bridgehead atoms. The van der Waals surface area contributed by atoms with Gasteiger partial charge in [0.25, 0.3) is 0 Å². The average molecular weight is 312 g/mol. The van der Waals surface area contributed by atoms with Crippen LogP contribution in [0.5, 0.6) is 0 Å². The largest absolute Gasteiger partial charge is 0.368 e. The monoisotopic (exact) mass is 312 g/mol. The predicted molar refractivity (Wildman–Crippen MR) is 84.8 cm³/mol. The maximum atomic E-state index is 12.1. The van der Waals surface area contributed by atoms with Gasteiger partial charge in [0.1, 0.15) is 12.4 Å². The summed E-state index contributed by atoms with van der Waals surface area (Å²) in [6.07, 6.45) is 9.27. The number of hydrogen-bond donors (Lipinski definition) is 1. The smallest absolute Gasteiger partial charge is 0.240 e. The summed E-state index contributed by atoms with van der Waals surface area (Å²) in [6.45, 7) is 0.848. The van der Waals surface area contributed by atoms with Crippen molar-refractivity contribution in [2.24, 2.45) is 17.6 Å². The molecule has 1 saturated heterocycles. The molecule has 23 heavy (non-hydrogen) atoms. The minimum atomic E-state index is -0.258. The van der Waals surface area contributed by atoms with E-state index >= 15 is 0 Å². The van der Waals surface area contributed by atoms with Crippen LogP contribution in [0, 0.1) is 11.8 Å². The molecule has 3 aliphatic rings. The van der Waals surface area contributed by atoms with Gasteiger partial charge in [-0.3, -0.25) is 4.79 Å². The normalized spacial score (nSPS) is 30.1. The van der Waals surface area contributed by atoms with Crippen LogP contribution in [-0.2, 0) is 4.79 Å². The summed E-state index contributed by atoms with van der Waals surface area (Å²) >= 11 is 0. The van der Waals surface area contributed by atoms with Crippen molar-refractivity contribution in [1.82, 2.24) is 19.5 Å². The maximum absolute atomic E-state index is 12.1. The summed E-state index contributed by atoms with van der Waals surface area (Å²) in [5.41, 5.74) is 7.41. The molecule has 3 fully saturated rings. The molecule has 0 spiro atoms. The molecule has 3 heterocycles. The number of imidazole rings is 1. The third-order valence-corrected chi connectivity index (χ3v) is 5.73. The first-order valence-corrected chi connectivity index (χ1v) is 8.47. The van der Waals surface area contributed by atoms with Crippen molar-refractivity contribution >= 4 is 22.9 Å². The third kappa shape index (κ3) is 1.88. The second-order valence-corrected chi connectivity index (χ2v) is 7.11. The first kappa shape index (κ1) is 13.3. The number of rotatable bonds is 3. The molecule has 2 saturated carbocycles. The molecular formula is C16H20N6O. The van der Waals surface area contributed by atoms with Gasteiger partial charge in [0.15, 0.2) is 17.0 Å². The van der Waals surface area contributed by atoms with Crippen molar-refractivity contribution < 1.29 is 4.79 Å². The van der Waals surface area contributed by atoms with Gasteiger partial charge < -0.3 is 15.2 Å². The quantitative estimate of drug-likeness (QED) is 0.921. The fourth-order valence-corrected chi connectivity index (χ4v) is 4.56. The zero-order valence-corrected chi connectivity index (χ0v) is 12.9. The Morgan fingerprint density at radius 2 is 2.04 bits per heavy atom. The third-order valence-electron chi connectivity index (χ3n) is 5.73. The van der Waals surface area contributed by atoms with Crippen LogP contribution < -0.4 is 10.6 Å². The van der Waals surface area contributed by atoms with Crippen molar-refractivity contribution in [2.75, 3.05) is 11.4 Å². The Kier molecular flexibility index (Phi) is 2.69. The number of nitrogens with two attached hydrogens (primary N) is 1. The van der Waals surface area contributed by atoms with Crippen molar-refractivity contribution in [3.05, 3.63) is 12.7 Å². The first-order chi connectivity index (χ1) is 11.2. The second kappa shape index (κ2) is 4.66. The highest BCUT2D eigenvalue weighted by Gasteiger charge is 2.48.